The number of hydrogen-bond acceptors (Lipinski definition) is 27. The molecule has 0 amide bonds. The largest absolute Gasteiger partial charge is 3.00 e. The van der Waals surface area contributed by atoms with Gasteiger partial charge in [-0.1, -0.05) is 36.4 Å². The number of aromatic hydroxyl groups is 3. The quantitative estimate of drug-likeness (QED) is 0.0446. The van der Waals surface area contributed by atoms with Crippen LogP contribution >= 0.6 is 37.9 Å². The SMILES string of the molecule is N[C@@H](CS)C(=O)O.N[C@@H](CS)C(=O)O.N[C@@H](CS)C(=O)O.O=C(O)c1ccccc1O.O=C(O)c1ccccc1O.O=C(O)c1ccccc1O.O=S(=O)([O-])[O-].O=S(=O)([O-])[O-].O=S(=O)([O-])[O-].[Fe+3].[Fe+3]. The molecule has 3 rings (SSSR count). The van der Waals surface area contributed by atoms with Gasteiger partial charge in [0, 0.05) is 48.5 Å². The maximum atomic E-state index is 10.3. The molecule has 15 N–H and O–H groups in total. The van der Waals surface area contributed by atoms with Gasteiger partial charge in [0.1, 0.15) is 52.1 Å². The normalized spacial score (nSPS) is 10.8. The predicted octanol–water partition coefficient (Wildman–Crippen LogP) is -2.76. The molecule has 0 aliphatic heterocycles. The van der Waals surface area contributed by atoms with Gasteiger partial charge >= 0.3 is 70.0 Å². The summed E-state index contributed by atoms with van der Waals surface area (Å²) in [6, 6.07) is 15.0. The molecule has 0 saturated heterocycles. The van der Waals surface area contributed by atoms with Crippen LogP contribution in [0.25, 0.3) is 0 Å². The second kappa shape index (κ2) is 43.7. The Hall–Kier alpha value is -4.54. The molecule has 0 aliphatic carbocycles. The maximum Gasteiger partial charge on any atom is 3.00 e. The fourth-order valence-electron chi connectivity index (χ4n) is 2.20. The van der Waals surface area contributed by atoms with Gasteiger partial charge in [-0.15, -0.1) is 0 Å². The molecule has 0 aliphatic rings. The summed E-state index contributed by atoms with van der Waals surface area (Å²) in [6.07, 6.45) is 0. The van der Waals surface area contributed by atoms with Gasteiger partial charge in [-0.3, -0.25) is 39.6 Å². The van der Waals surface area contributed by atoms with E-state index >= 15 is 0 Å². The van der Waals surface area contributed by atoms with Crippen molar-refractivity contribution in [2.75, 3.05) is 17.3 Å². The third-order valence-corrected chi connectivity index (χ3v) is 6.13. The zero-order valence-corrected chi connectivity index (χ0v) is 40.5. The minimum atomic E-state index is -5.17. The molecule has 0 bridgehead atoms. The molecule has 3 aromatic rings. The molecule has 3 aromatic carbocycles. The molecule has 38 heteroatoms. The van der Waals surface area contributed by atoms with E-state index in [0.29, 0.717) is 0 Å². The van der Waals surface area contributed by atoms with Crippen LogP contribution in [0.4, 0.5) is 0 Å². The molecule has 0 aromatic heterocycles. The standard InChI is InChI=1S/3C7H6O3.3C3H7NO2S.2Fe.3H2O4S/c3*8-6-4-2-1-3-5(6)7(9)10;3*4-2(1-7)3(5)6;;;3*1-5(2,3)4/h3*1-4,8H,(H,9,10);3*2,7H,1,4H2,(H,5,6);;;3*(H2,1,2,3,4)/q;;;;;;2*+3;;;/p-6/t;;;3*2-;;;;;/m...000...../s1. The van der Waals surface area contributed by atoms with E-state index in [1.807, 2.05) is 0 Å². The number of hydrogen-bond donors (Lipinski definition) is 15. The number of thiol groups is 3. The minimum Gasteiger partial charge on any atom is -0.759 e. The Labute approximate surface area is 423 Å². The molecule has 68 heavy (non-hydrogen) atoms. The van der Waals surface area contributed by atoms with Gasteiger partial charge in [-0.2, -0.15) is 37.9 Å². The number of para-hydroxylation sites is 3. The maximum absolute atomic E-state index is 10.3. The number of carboxylic acid groups (broad SMARTS) is 6. The third-order valence-electron chi connectivity index (χ3n) is 4.95. The Bertz CT molecular complexity index is 2000. The van der Waals surface area contributed by atoms with Gasteiger partial charge in [-0.05, 0) is 36.4 Å². The minimum absolute atomic E-state index is 0. The molecular formula is C30H39Fe2N3O27S6. The fraction of sp³-hybridized carbons (Fsp3) is 0.200. The van der Waals surface area contributed by atoms with E-state index < -0.39 is 85.1 Å². The number of carboxylic acids is 6. The smallest absolute Gasteiger partial charge is 0.759 e. The van der Waals surface area contributed by atoms with E-state index in [-0.39, 0.29) is 85.3 Å². The Balaban J connectivity index is -0.000000100. The molecule has 0 heterocycles. The van der Waals surface area contributed by atoms with Gasteiger partial charge < -0.3 is 90.5 Å². The topological polar surface area (TPSA) is 603 Å². The van der Waals surface area contributed by atoms with Crippen LogP contribution in [0.3, 0.4) is 0 Å². The van der Waals surface area contributed by atoms with Crippen LogP contribution in [0.1, 0.15) is 31.1 Å². The van der Waals surface area contributed by atoms with Gasteiger partial charge in [-0.25, -0.2) is 14.4 Å². The van der Waals surface area contributed by atoms with Crippen LogP contribution in [-0.4, -0.2) is 170 Å². The van der Waals surface area contributed by atoms with Crippen LogP contribution in [-0.2, 0) is 79.7 Å². The first-order valence-corrected chi connectivity index (χ1v) is 21.4. The Morgan fingerprint density at radius 3 is 0.603 bits per heavy atom. The first-order chi connectivity index (χ1) is 29.7. The first kappa shape index (κ1) is 80.5. The molecular weight excluding hydrogens is 1140 g/mol. The summed E-state index contributed by atoms with van der Waals surface area (Å²) < 4.78 is 102. The van der Waals surface area contributed by atoms with Crippen molar-refractivity contribution in [2.24, 2.45) is 17.2 Å². The van der Waals surface area contributed by atoms with E-state index in [9.17, 15) is 28.8 Å². The zero-order valence-electron chi connectivity index (χ0n) is 33.2. The molecule has 388 valence electrons. The zero-order chi connectivity index (χ0) is 53.8. The van der Waals surface area contributed by atoms with Crippen LogP contribution in [0.2, 0.25) is 0 Å². The molecule has 2 radical (unpaired) electrons. The van der Waals surface area contributed by atoms with Crippen molar-refractivity contribution < 1.29 is 161 Å². The van der Waals surface area contributed by atoms with Gasteiger partial charge in [0.15, 0.2) is 0 Å². The van der Waals surface area contributed by atoms with Gasteiger partial charge in [0.05, 0.1) is 0 Å². The van der Waals surface area contributed by atoms with Crippen LogP contribution in [0.15, 0.2) is 72.8 Å². The molecule has 0 fully saturated rings. The monoisotopic (exact) mass is 1180 g/mol. The summed E-state index contributed by atoms with van der Waals surface area (Å²) in [5, 5.41) is 75.9. The number of rotatable bonds is 9. The summed E-state index contributed by atoms with van der Waals surface area (Å²) in [5.41, 5.74) is 14.6. The van der Waals surface area contributed by atoms with Crippen molar-refractivity contribution in [1.29, 1.82) is 0 Å². The second-order valence-corrected chi connectivity index (χ2v) is 13.6. The Kier molecular flexibility index (Phi) is 51.7. The predicted molar refractivity (Wildman–Crippen MR) is 225 cm³/mol. The average Bonchev–Trinajstić information content (AvgIpc) is 3.16. The van der Waals surface area contributed by atoms with E-state index in [4.69, 9.17) is 116 Å². The Morgan fingerprint density at radius 2 is 0.544 bits per heavy atom. The number of nitrogens with two attached hydrogens (primary N) is 3. The Morgan fingerprint density at radius 1 is 0.412 bits per heavy atom. The van der Waals surface area contributed by atoms with E-state index in [0.717, 1.165) is 0 Å². The average molecular weight is 1180 g/mol. The van der Waals surface area contributed by atoms with Gasteiger partial charge in [0.25, 0.3) is 0 Å². The summed E-state index contributed by atoms with van der Waals surface area (Å²) in [7, 11) is -15.5. The van der Waals surface area contributed by atoms with Crippen LogP contribution in [0.5, 0.6) is 17.2 Å². The van der Waals surface area contributed by atoms with Crippen molar-refractivity contribution in [3.63, 3.8) is 0 Å². The van der Waals surface area contributed by atoms with Crippen molar-refractivity contribution >= 4 is 105 Å². The molecule has 0 saturated carbocycles. The first-order valence-electron chi connectivity index (χ1n) is 15.5. The van der Waals surface area contributed by atoms with Crippen molar-refractivity contribution in [3.8, 4) is 17.2 Å². The molecule has 0 spiro atoms. The third kappa shape index (κ3) is 65.7. The van der Waals surface area contributed by atoms with Gasteiger partial charge in [0.2, 0.25) is 0 Å². The summed E-state index contributed by atoms with van der Waals surface area (Å²) in [6.45, 7) is 0. The summed E-state index contributed by atoms with van der Waals surface area (Å²) >= 11 is 10.9. The van der Waals surface area contributed by atoms with E-state index in [1.54, 1.807) is 36.4 Å². The van der Waals surface area contributed by atoms with E-state index in [1.165, 1.54) is 36.4 Å². The summed E-state index contributed by atoms with van der Waals surface area (Å²) in [4.78, 5) is 60.1. The van der Waals surface area contributed by atoms with Crippen molar-refractivity contribution in [2.45, 2.75) is 18.1 Å². The van der Waals surface area contributed by atoms with E-state index in [2.05, 4.69) is 37.9 Å². The number of carbonyl (C=O) groups is 6. The van der Waals surface area contributed by atoms with Crippen LogP contribution < -0.4 is 17.2 Å². The van der Waals surface area contributed by atoms with Crippen LogP contribution in [0, 0.1) is 0 Å². The molecule has 0 unspecified atom stereocenters. The number of benzene rings is 3. The number of aromatic carboxylic acids is 3. The second-order valence-electron chi connectivity index (χ2n) is 10.1. The van der Waals surface area contributed by atoms with Crippen molar-refractivity contribution in [1.82, 2.24) is 0 Å². The number of aliphatic carboxylic acids is 3. The molecule has 30 nitrogen and oxygen atoms in total. The fourth-order valence-corrected chi connectivity index (χ4v) is 2.67. The summed E-state index contributed by atoms with van der Waals surface area (Å²) in [5.74, 6) is -6.38. The molecule has 3 atom stereocenters. The van der Waals surface area contributed by atoms with Crippen molar-refractivity contribution in [3.05, 3.63) is 89.5 Å². The number of phenols is 3.